The van der Waals surface area contributed by atoms with E-state index in [1.165, 1.54) is 4.88 Å². The highest BCUT2D eigenvalue weighted by molar-refractivity contribution is 7.11. The molecule has 0 aliphatic heterocycles. The van der Waals surface area contributed by atoms with E-state index < -0.39 is 12.8 Å². The molecule has 2 rings (SSSR count). The number of hydrogen-bond donors (Lipinski definition) is 2. The van der Waals surface area contributed by atoms with Gasteiger partial charge in [-0.15, -0.1) is 11.3 Å². The quantitative estimate of drug-likeness (QED) is 0.527. The van der Waals surface area contributed by atoms with Crippen molar-refractivity contribution < 1.29 is 17.9 Å². The number of aliphatic imine (C=N–C) groups is 1. The number of hydrogen-bond acceptors (Lipinski definition) is 4. The van der Waals surface area contributed by atoms with Crippen LogP contribution >= 0.6 is 11.3 Å². The summed E-state index contributed by atoms with van der Waals surface area (Å²) in [6, 6.07) is 7.22. The number of ether oxygens (including phenoxy) is 1. The molecule has 0 aliphatic rings. The van der Waals surface area contributed by atoms with Gasteiger partial charge in [0.05, 0.1) is 11.6 Å². The lowest BCUT2D eigenvalue weighted by Crippen LogP contribution is -2.37. The van der Waals surface area contributed by atoms with Crippen molar-refractivity contribution in [3.63, 3.8) is 0 Å². The number of nitrogens with one attached hydrogen (secondary N) is 2. The fourth-order valence-electron chi connectivity index (χ4n) is 2.25. The van der Waals surface area contributed by atoms with Crippen LogP contribution in [0.3, 0.4) is 0 Å². The van der Waals surface area contributed by atoms with Crippen LogP contribution in [0, 0.1) is 6.92 Å². The molecule has 0 fully saturated rings. The molecule has 0 amide bonds. The largest absolute Gasteiger partial charge is 0.411 e. The highest BCUT2D eigenvalue weighted by Crippen LogP contribution is 2.16. The number of benzene rings is 1. The number of alkyl halides is 3. The molecule has 0 aliphatic carbocycles. The Hall–Kier alpha value is -2.13. The monoisotopic (exact) mass is 400 g/mol. The molecule has 9 heteroatoms. The van der Waals surface area contributed by atoms with Crippen molar-refractivity contribution >= 4 is 17.3 Å². The molecule has 0 spiro atoms. The first-order valence-electron chi connectivity index (χ1n) is 8.44. The maximum absolute atomic E-state index is 12.1. The summed E-state index contributed by atoms with van der Waals surface area (Å²) in [5.41, 5.74) is 1.69. The number of nitrogens with zero attached hydrogens (tertiary/aromatic N) is 2. The molecule has 1 aromatic heterocycles. The minimum atomic E-state index is -4.30. The van der Waals surface area contributed by atoms with Gasteiger partial charge in [0.25, 0.3) is 0 Å². The van der Waals surface area contributed by atoms with Crippen molar-refractivity contribution in [1.29, 1.82) is 0 Å². The zero-order chi connectivity index (χ0) is 19.7. The summed E-state index contributed by atoms with van der Waals surface area (Å²) in [4.78, 5) is 9.69. The summed E-state index contributed by atoms with van der Waals surface area (Å²) in [6.07, 6.45) is -1.61. The first kappa shape index (κ1) is 21.2. The van der Waals surface area contributed by atoms with Crippen LogP contribution < -0.4 is 10.6 Å². The highest BCUT2D eigenvalue weighted by Gasteiger charge is 2.27. The maximum atomic E-state index is 12.1. The van der Waals surface area contributed by atoms with Crippen molar-refractivity contribution in [3.05, 3.63) is 51.5 Å². The van der Waals surface area contributed by atoms with E-state index in [4.69, 9.17) is 0 Å². The summed E-state index contributed by atoms with van der Waals surface area (Å²) in [6.45, 7) is 2.01. The summed E-state index contributed by atoms with van der Waals surface area (Å²) in [5.74, 6) is 0.681. The number of halogens is 3. The molecule has 148 valence electrons. The molecule has 0 saturated carbocycles. The fourth-order valence-corrected chi connectivity index (χ4v) is 3.04. The predicted octanol–water partition coefficient (Wildman–Crippen LogP) is 3.44. The SMILES string of the molecule is CN=C(NCCc1ncc(C)s1)NCc1ccc(COCC(F)(F)F)cc1. The molecule has 27 heavy (non-hydrogen) atoms. The van der Waals surface area contributed by atoms with E-state index in [0.29, 0.717) is 18.1 Å². The third-order valence-electron chi connectivity index (χ3n) is 3.54. The average Bonchev–Trinajstić information content (AvgIpc) is 3.03. The van der Waals surface area contributed by atoms with E-state index in [1.807, 2.05) is 25.3 Å². The van der Waals surface area contributed by atoms with Gasteiger partial charge in [-0.2, -0.15) is 13.2 Å². The van der Waals surface area contributed by atoms with Crippen molar-refractivity contribution in [2.24, 2.45) is 4.99 Å². The van der Waals surface area contributed by atoms with Gasteiger partial charge < -0.3 is 15.4 Å². The highest BCUT2D eigenvalue weighted by atomic mass is 32.1. The molecule has 0 bridgehead atoms. The molecule has 5 nitrogen and oxygen atoms in total. The number of rotatable bonds is 8. The van der Waals surface area contributed by atoms with Gasteiger partial charge >= 0.3 is 6.18 Å². The molecule has 1 aromatic carbocycles. The van der Waals surface area contributed by atoms with Crippen LogP contribution in [0.1, 0.15) is 21.0 Å². The van der Waals surface area contributed by atoms with E-state index in [9.17, 15) is 13.2 Å². The zero-order valence-electron chi connectivity index (χ0n) is 15.3. The van der Waals surface area contributed by atoms with Gasteiger partial charge in [0, 0.05) is 37.6 Å². The molecule has 1 heterocycles. The van der Waals surface area contributed by atoms with Crippen LogP contribution in [0.4, 0.5) is 13.2 Å². The summed E-state index contributed by atoms with van der Waals surface area (Å²) in [5, 5.41) is 7.51. The summed E-state index contributed by atoms with van der Waals surface area (Å²) >= 11 is 1.68. The van der Waals surface area contributed by atoms with Gasteiger partial charge in [0.1, 0.15) is 6.61 Å². The van der Waals surface area contributed by atoms with Crippen molar-refractivity contribution in [3.8, 4) is 0 Å². The van der Waals surface area contributed by atoms with E-state index in [1.54, 1.807) is 30.5 Å². The second kappa shape index (κ2) is 10.3. The Bertz CT molecular complexity index is 729. The first-order chi connectivity index (χ1) is 12.9. The van der Waals surface area contributed by atoms with Crippen LogP contribution in [0.2, 0.25) is 0 Å². The van der Waals surface area contributed by atoms with Crippen LogP contribution in [-0.2, 0) is 24.3 Å². The third-order valence-corrected chi connectivity index (χ3v) is 4.51. The molecular weight excluding hydrogens is 377 g/mol. The van der Waals surface area contributed by atoms with Gasteiger partial charge in [-0.3, -0.25) is 4.99 Å². The van der Waals surface area contributed by atoms with Gasteiger partial charge in [-0.05, 0) is 18.1 Å². The molecule has 0 atom stereocenters. The van der Waals surface area contributed by atoms with Gasteiger partial charge in [-0.1, -0.05) is 24.3 Å². The first-order valence-corrected chi connectivity index (χ1v) is 9.25. The molecule has 0 radical (unpaired) electrons. The smallest absolute Gasteiger partial charge is 0.367 e. The topological polar surface area (TPSA) is 58.5 Å². The Labute approximate surface area is 160 Å². The van der Waals surface area contributed by atoms with Crippen molar-refractivity contribution in [1.82, 2.24) is 15.6 Å². The molecule has 0 saturated heterocycles. The Balaban J connectivity index is 1.70. The summed E-state index contributed by atoms with van der Waals surface area (Å²) in [7, 11) is 1.70. The normalized spacial score (nSPS) is 12.3. The molecular formula is C18H23F3N4OS. The number of thiazole rings is 1. The maximum Gasteiger partial charge on any atom is 0.411 e. The third kappa shape index (κ3) is 8.40. The lowest BCUT2D eigenvalue weighted by molar-refractivity contribution is -0.176. The number of guanidine groups is 1. The molecule has 2 N–H and O–H groups in total. The van der Waals surface area contributed by atoms with Crippen molar-refractivity contribution in [2.75, 3.05) is 20.2 Å². The molecule has 2 aromatic rings. The standard InChI is InChI=1S/C18H23F3N4OS/c1-13-9-24-16(27-13)7-8-23-17(22-2)25-10-14-3-5-15(6-4-14)11-26-12-18(19,20)21/h3-6,9H,7-8,10-12H2,1-2H3,(H2,22,23,25). The second-order valence-electron chi connectivity index (χ2n) is 5.89. The Morgan fingerprint density at radius 2 is 1.89 bits per heavy atom. The van der Waals surface area contributed by atoms with Crippen LogP contribution in [0.15, 0.2) is 35.5 Å². The van der Waals surface area contributed by atoms with E-state index in [-0.39, 0.29) is 6.61 Å². The summed E-state index contributed by atoms with van der Waals surface area (Å²) < 4.78 is 40.8. The van der Waals surface area contributed by atoms with E-state index in [2.05, 4.69) is 25.3 Å². The van der Waals surface area contributed by atoms with Crippen LogP contribution in [-0.4, -0.2) is 37.3 Å². The van der Waals surface area contributed by atoms with Gasteiger partial charge in [-0.25, -0.2) is 4.98 Å². The Morgan fingerprint density at radius 3 is 2.48 bits per heavy atom. The number of aryl methyl sites for hydroxylation is 1. The zero-order valence-corrected chi connectivity index (χ0v) is 16.1. The number of aromatic nitrogens is 1. The van der Waals surface area contributed by atoms with Gasteiger partial charge in [0.15, 0.2) is 5.96 Å². The molecule has 0 unspecified atom stereocenters. The lowest BCUT2D eigenvalue weighted by Gasteiger charge is -2.12. The minimum Gasteiger partial charge on any atom is -0.367 e. The van der Waals surface area contributed by atoms with E-state index in [0.717, 1.165) is 23.5 Å². The van der Waals surface area contributed by atoms with Crippen LogP contribution in [0.25, 0.3) is 0 Å². The van der Waals surface area contributed by atoms with Gasteiger partial charge in [0.2, 0.25) is 0 Å². The van der Waals surface area contributed by atoms with E-state index >= 15 is 0 Å². The average molecular weight is 400 g/mol. The van der Waals surface area contributed by atoms with Crippen LogP contribution in [0.5, 0.6) is 0 Å². The fraction of sp³-hybridized carbons (Fsp3) is 0.444. The lowest BCUT2D eigenvalue weighted by atomic mass is 10.1. The van der Waals surface area contributed by atoms with Crippen molar-refractivity contribution in [2.45, 2.75) is 32.7 Å². The minimum absolute atomic E-state index is 0.0628. The Kier molecular flexibility index (Phi) is 8.05. The predicted molar refractivity (Wildman–Crippen MR) is 101 cm³/mol. The second-order valence-corrected chi connectivity index (χ2v) is 7.21. The Morgan fingerprint density at radius 1 is 1.19 bits per heavy atom.